The van der Waals surface area contributed by atoms with Gasteiger partial charge in [-0.25, -0.2) is 0 Å². The molecule has 0 bridgehead atoms. The standard InChI is InChI=1S/C11H21N3O/c15-11-7-12-6-10(11)14-5-4-13-3-1-2-9(13)8-14/h9-12,15H,1-8H2. The number of aliphatic hydroxyl groups excluding tert-OH is 1. The van der Waals surface area contributed by atoms with E-state index in [0.717, 1.165) is 25.7 Å². The maximum Gasteiger partial charge on any atom is 0.0831 e. The molecule has 0 aliphatic carbocycles. The van der Waals surface area contributed by atoms with E-state index in [4.69, 9.17) is 0 Å². The Labute approximate surface area is 91.2 Å². The molecule has 3 fully saturated rings. The van der Waals surface area contributed by atoms with Crippen LogP contribution in [0.1, 0.15) is 12.8 Å². The second-order valence-electron chi connectivity index (χ2n) is 5.12. The van der Waals surface area contributed by atoms with Gasteiger partial charge in [-0.3, -0.25) is 9.80 Å². The fourth-order valence-corrected chi connectivity index (χ4v) is 3.34. The van der Waals surface area contributed by atoms with Gasteiger partial charge in [-0.15, -0.1) is 0 Å². The molecule has 3 heterocycles. The van der Waals surface area contributed by atoms with E-state index in [9.17, 15) is 5.11 Å². The molecule has 3 rings (SSSR count). The summed E-state index contributed by atoms with van der Waals surface area (Å²) >= 11 is 0. The van der Waals surface area contributed by atoms with Gasteiger partial charge in [0.15, 0.2) is 0 Å². The topological polar surface area (TPSA) is 38.7 Å². The Morgan fingerprint density at radius 3 is 2.73 bits per heavy atom. The Morgan fingerprint density at radius 1 is 1.07 bits per heavy atom. The Hall–Kier alpha value is -0.160. The highest BCUT2D eigenvalue weighted by Crippen LogP contribution is 2.23. The van der Waals surface area contributed by atoms with Crippen LogP contribution in [-0.2, 0) is 0 Å². The van der Waals surface area contributed by atoms with Crippen molar-refractivity contribution >= 4 is 0 Å². The fourth-order valence-electron chi connectivity index (χ4n) is 3.34. The maximum atomic E-state index is 9.86. The van der Waals surface area contributed by atoms with Gasteiger partial charge in [-0.1, -0.05) is 0 Å². The summed E-state index contributed by atoms with van der Waals surface area (Å²) in [6.07, 6.45) is 2.56. The summed E-state index contributed by atoms with van der Waals surface area (Å²) in [5.74, 6) is 0. The zero-order valence-electron chi connectivity index (χ0n) is 9.23. The van der Waals surface area contributed by atoms with Gasteiger partial charge >= 0.3 is 0 Å². The lowest BCUT2D eigenvalue weighted by atomic mass is 10.1. The average Bonchev–Trinajstić information content (AvgIpc) is 2.84. The number of hydrogen-bond acceptors (Lipinski definition) is 4. The minimum Gasteiger partial charge on any atom is -0.390 e. The Kier molecular flexibility index (Phi) is 2.68. The van der Waals surface area contributed by atoms with Crippen molar-refractivity contribution in [3.8, 4) is 0 Å². The minimum absolute atomic E-state index is 0.155. The molecule has 0 aromatic rings. The molecule has 0 aromatic heterocycles. The first-order valence-electron chi connectivity index (χ1n) is 6.21. The zero-order chi connectivity index (χ0) is 10.3. The van der Waals surface area contributed by atoms with Crippen LogP contribution in [0, 0.1) is 0 Å². The molecule has 3 saturated heterocycles. The van der Waals surface area contributed by atoms with E-state index in [-0.39, 0.29) is 6.10 Å². The smallest absolute Gasteiger partial charge is 0.0831 e. The Morgan fingerprint density at radius 2 is 1.93 bits per heavy atom. The number of hydrogen-bond donors (Lipinski definition) is 2. The summed E-state index contributed by atoms with van der Waals surface area (Å²) in [5, 5.41) is 13.1. The van der Waals surface area contributed by atoms with E-state index >= 15 is 0 Å². The quantitative estimate of drug-likeness (QED) is 0.589. The summed E-state index contributed by atoms with van der Waals surface area (Å²) in [6, 6.07) is 1.14. The first kappa shape index (κ1) is 10.0. The number of aliphatic hydroxyl groups is 1. The zero-order valence-corrected chi connectivity index (χ0v) is 9.23. The van der Waals surface area contributed by atoms with Crippen LogP contribution in [0.15, 0.2) is 0 Å². The van der Waals surface area contributed by atoms with Gasteiger partial charge in [0, 0.05) is 44.8 Å². The van der Waals surface area contributed by atoms with E-state index in [1.807, 2.05) is 0 Å². The van der Waals surface area contributed by atoms with Gasteiger partial charge in [0.25, 0.3) is 0 Å². The normalized spacial score (nSPS) is 43.4. The van der Waals surface area contributed by atoms with E-state index in [1.54, 1.807) is 0 Å². The van der Waals surface area contributed by atoms with Crippen molar-refractivity contribution in [3.05, 3.63) is 0 Å². The Bertz CT molecular complexity index is 236. The van der Waals surface area contributed by atoms with Crippen LogP contribution in [0.2, 0.25) is 0 Å². The van der Waals surface area contributed by atoms with Crippen LogP contribution in [0.25, 0.3) is 0 Å². The number of rotatable bonds is 1. The lowest BCUT2D eigenvalue weighted by Gasteiger charge is -2.41. The van der Waals surface area contributed by atoms with Gasteiger partial charge in [0.1, 0.15) is 0 Å². The number of nitrogens with zero attached hydrogens (tertiary/aromatic N) is 2. The van der Waals surface area contributed by atoms with Gasteiger partial charge in [0.2, 0.25) is 0 Å². The summed E-state index contributed by atoms with van der Waals surface area (Å²) in [5.41, 5.74) is 0. The lowest BCUT2D eigenvalue weighted by molar-refractivity contribution is 0.0297. The lowest BCUT2D eigenvalue weighted by Crippen LogP contribution is -2.56. The van der Waals surface area contributed by atoms with Gasteiger partial charge < -0.3 is 10.4 Å². The van der Waals surface area contributed by atoms with Crippen molar-refractivity contribution in [2.75, 3.05) is 39.3 Å². The highest BCUT2D eigenvalue weighted by molar-refractivity contribution is 4.94. The summed E-state index contributed by atoms with van der Waals surface area (Å²) in [7, 11) is 0. The molecule has 3 aliphatic rings. The summed E-state index contributed by atoms with van der Waals surface area (Å²) in [4.78, 5) is 5.11. The SMILES string of the molecule is OC1CNCC1N1CCN2CCCC2C1. The van der Waals surface area contributed by atoms with E-state index < -0.39 is 0 Å². The highest BCUT2D eigenvalue weighted by atomic mass is 16.3. The molecule has 3 aliphatic heterocycles. The predicted molar refractivity (Wildman–Crippen MR) is 58.8 cm³/mol. The van der Waals surface area contributed by atoms with Crippen molar-refractivity contribution in [2.24, 2.45) is 0 Å². The van der Waals surface area contributed by atoms with Crippen LogP contribution in [-0.4, -0.2) is 72.4 Å². The third kappa shape index (κ3) is 1.80. The van der Waals surface area contributed by atoms with Crippen LogP contribution >= 0.6 is 0 Å². The third-order valence-corrected chi connectivity index (χ3v) is 4.24. The van der Waals surface area contributed by atoms with Gasteiger partial charge in [0.05, 0.1) is 6.10 Å². The van der Waals surface area contributed by atoms with Crippen molar-refractivity contribution in [1.29, 1.82) is 0 Å². The van der Waals surface area contributed by atoms with Gasteiger partial charge in [-0.2, -0.15) is 0 Å². The van der Waals surface area contributed by atoms with Crippen LogP contribution < -0.4 is 5.32 Å². The monoisotopic (exact) mass is 211 g/mol. The summed E-state index contributed by atoms with van der Waals surface area (Å²) < 4.78 is 0. The molecular formula is C11H21N3O. The molecule has 86 valence electrons. The molecule has 0 saturated carbocycles. The first-order valence-corrected chi connectivity index (χ1v) is 6.21. The van der Waals surface area contributed by atoms with Gasteiger partial charge in [-0.05, 0) is 19.4 Å². The molecule has 0 aromatic carbocycles. The van der Waals surface area contributed by atoms with E-state index in [2.05, 4.69) is 15.1 Å². The first-order chi connectivity index (χ1) is 7.34. The average molecular weight is 211 g/mol. The van der Waals surface area contributed by atoms with Crippen LogP contribution in [0.5, 0.6) is 0 Å². The predicted octanol–water partition coefficient (Wildman–Crippen LogP) is -0.901. The molecular weight excluding hydrogens is 190 g/mol. The Balaban J connectivity index is 1.63. The van der Waals surface area contributed by atoms with Crippen molar-refractivity contribution in [2.45, 2.75) is 31.0 Å². The molecule has 0 radical (unpaired) electrons. The van der Waals surface area contributed by atoms with Crippen molar-refractivity contribution in [1.82, 2.24) is 15.1 Å². The molecule has 4 heteroatoms. The number of fused-ring (bicyclic) bond motifs is 1. The molecule has 15 heavy (non-hydrogen) atoms. The third-order valence-electron chi connectivity index (χ3n) is 4.24. The van der Waals surface area contributed by atoms with E-state index in [0.29, 0.717) is 6.04 Å². The molecule has 3 atom stereocenters. The number of nitrogens with one attached hydrogen (secondary N) is 1. The van der Waals surface area contributed by atoms with Crippen LogP contribution in [0.3, 0.4) is 0 Å². The highest BCUT2D eigenvalue weighted by Gasteiger charge is 2.37. The number of piperazine rings is 1. The van der Waals surface area contributed by atoms with Crippen LogP contribution in [0.4, 0.5) is 0 Å². The summed E-state index contributed by atoms with van der Waals surface area (Å²) in [6.45, 7) is 6.55. The molecule has 4 nitrogen and oxygen atoms in total. The van der Waals surface area contributed by atoms with Crippen molar-refractivity contribution in [3.63, 3.8) is 0 Å². The molecule has 3 unspecified atom stereocenters. The van der Waals surface area contributed by atoms with E-state index in [1.165, 1.54) is 32.5 Å². The second kappa shape index (κ2) is 4.01. The molecule has 0 amide bonds. The maximum absolute atomic E-state index is 9.86. The fraction of sp³-hybridized carbons (Fsp3) is 1.00. The molecule has 2 N–H and O–H groups in total. The minimum atomic E-state index is -0.155. The molecule has 0 spiro atoms. The largest absolute Gasteiger partial charge is 0.390 e. The van der Waals surface area contributed by atoms with Crippen molar-refractivity contribution < 1.29 is 5.11 Å². The number of β-amino-alcohol motifs (C(OH)–C–C–N with tert-alkyl or cyclic N) is 1. The second-order valence-corrected chi connectivity index (χ2v) is 5.12.